The van der Waals surface area contributed by atoms with Crippen molar-refractivity contribution in [2.75, 3.05) is 0 Å². The SMILES string of the molecule is NC(=O)c1cn(Cc2ccc3ccccc3c2)c2ccc(-c3nccs3)cc12. The smallest absolute Gasteiger partial charge is 0.250 e. The highest BCUT2D eigenvalue weighted by atomic mass is 32.1. The summed E-state index contributed by atoms with van der Waals surface area (Å²) in [5.74, 6) is -0.418. The van der Waals surface area contributed by atoms with Gasteiger partial charge >= 0.3 is 0 Å². The van der Waals surface area contributed by atoms with Crippen molar-refractivity contribution in [1.82, 2.24) is 9.55 Å². The summed E-state index contributed by atoms with van der Waals surface area (Å²) in [6.07, 6.45) is 3.64. The van der Waals surface area contributed by atoms with E-state index in [2.05, 4.69) is 39.9 Å². The highest BCUT2D eigenvalue weighted by molar-refractivity contribution is 7.13. The van der Waals surface area contributed by atoms with Crippen LogP contribution in [0.15, 0.2) is 78.4 Å². The van der Waals surface area contributed by atoms with E-state index >= 15 is 0 Å². The first-order chi connectivity index (χ1) is 13.7. The average Bonchev–Trinajstić information content (AvgIpc) is 3.36. The van der Waals surface area contributed by atoms with E-state index in [1.165, 1.54) is 16.3 Å². The van der Waals surface area contributed by atoms with E-state index in [9.17, 15) is 4.79 Å². The van der Waals surface area contributed by atoms with Gasteiger partial charge in [-0.25, -0.2) is 4.98 Å². The van der Waals surface area contributed by atoms with Gasteiger partial charge in [-0.3, -0.25) is 4.79 Å². The molecule has 4 nitrogen and oxygen atoms in total. The maximum atomic E-state index is 12.0. The van der Waals surface area contributed by atoms with Crippen LogP contribution in [0.25, 0.3) is 32.2 Å². The molecule has 2 heterocycles. The van der Waals surface area contributed by atoms with E-state index in [-0.39, 0.29) is 0 Å². The van der Waals surface area contributed by atoms with Crippen molar-refractivity contribution in [3.05, 3.63) is 89.6 Å². The molecule has 0 unspecified atom stereocenters. The summed E-state index contributed by atoms with van der Waals surface area (Å²) in [6, 6.07) is 20.8. The van der Waals surface area contributed by atoms with Crippen molar-refractivity contribution in [3.8, 4) is 10.6 Å². The number of nitrogens with two attached hydrogens (primary N) is 1. The number of aromatic nitrogens is 2. The normalized spacial score (nSPS) is 11.3. The van der Waals surface area contributed by atoms with Crippen LogP contribution >= 0.6 is 11.3 Å². The van der Waals surface area contributed by atoms with Crippen LogP contribution in [0.3, 0.4) is 0 Å². The maximum absolute atomic E-state index is 12.0. The van der Waals surface area contributed by atoms with E-state index in [1.807, 2.05) is 41.9 Å². The molecule has 0 bridgehead atoms. The molecule has 3 aromatic carbocycles. The molecule has 0 aliphatic carbocycles. The van der Waals surface area contributed by atoms with Crippen LogP contribution in [0.2, 0.25) is 0 Å². The Morgan fingerprint density at radius 2 is 1.89 bits per heavy atom. The number of amides is 1. The van der Waals surface area contributed by atoms with Gasteiger partial charge in [0.25, 0.3) is 5.91 Å². The number of hydrogen-bond donors (Lipinski definition) is 1. The van der Waals surface area contributed by atoms with Gasteiger partial charge < -0.3 is 10.3 Å². The van der Waals surface area contributed by atoms with E-state index in [4.69, 9.17) is 5.73 Å². The summed E-state index contributed by atoms with van der Waals surface area (Å²) in [7, 11) is 0. The van der Waals surface area contributed by atoms with Crippen molar-refractivity contribution in [3.63, 3.8) is 0 Å². The standard InChI is InChI=1S/C23H17N3OS/c24-22(27)20-14-26(13-15-5-6-16-3-1-2-4-17(16)11-15)21-8-7-18(12-19(20)21)23-25-9-10-28-23/h1-12,14H,13H2,(H2,24,27). The molecule has 28 heavy (non-hydrogen) atoms. The summed E-state index contributed by atoms with van der Waals surface area (Å²) in [6.45, 7) is 0.672. The minimum Gasteiger partial charge on any atom is -0.366 e. The Labute approximate surface area is 165 Å². The Morgan fingerprint density at radius 1 is 1.04 bits per heavy atom. The van der Waals surface area contributed by atoms with Crippen LogP contribution in [0.5, 0.6) is 0 Å². The zero-order valence-electron chi connectivity index (χ0n) is 15.0. The third kappa shape index (κ3) is 2.86. The van der Waals surface area contributed by atoms with Gasteiger partial charge in [0.05, 0.1) is 5.56 Å². The van der Waals surface area contributed by atoms with Crippen molar-refractivity contribution >= 4 is 38.9 Å². The van der Waals surface area contributed by atoms with Crippen molar-refractivity contribution in [2.24, 2.45) is 5.73 Å². The molecular weight excluding hydrogens is 366 g/mol. The van der Waals surface area contributed by atoms with Gasteiger partial charge in [0.2, 0.25) is 0 Å². The third-order valence-electron chi connectivity index (χ3n) is 4.99. The van der Waals surface area contributed by atoms with Gasteiger partial charge in [-0.15, -0.1) is 11.3 Å². The van der Waals surface area contributed by atoms with E-state index in [0.29, 0.717) is 12.1 Å². The van der Waals surface area contributed by atoms with Crippen LogP contribution < -0.4 is 5.73 Å². The summed E-state index contributed by atoms with van der Waals surface area (Å²) in [4.78, 5) is 16.4. The van der Waals surface area contributed by atoms with Gasteiger partial charge in [0, 0.05) is 40.8 Å². The van der Waals surface area contributed by atoms with Gasteiger partial charge in [-0.1, -0.05) is 36.4 Å². The molecule has 0 spiro atoms. The summed E-state index contributed by atoms with van der Waals surface area (Å²) >= 11 is 1.58. The first-order valence-electron chi connectivity index (χ1n) is 8.99. The molecule has 2 N–H and O–H groups in total. The quantitative estimate of drug-likeness (QED) is 0.471. The van der Waals surface area contributed by atoms with Crippen LogP contribution in [0, 0.1) is 0 Å². The molecule has 0 saturated heterocycles. The van der Waals surface area contributed by atoms with Gasteiger partial charge in [-0.2, -0.15) is 0 Å². The van der Waals surface area contributed by atoms with Crippen LogP contribution in [0.4, 0.5) is 0 Å². The number of fused-ring (bicyclic) bond motifs is 2. The highest BCUT2D eigenvalue weighted by Gasteiger charge is 2.15. The van der Waals surface area contributed by atoms with E-state index in [1.54, 1.807) is 17.5 Å². The second kappa shape index (κ2) is 6.62. The molecule has 136 valence electrons. The molecule has 0 atom stereocenters. The minimum atomic E-state index is -0.418. The number of thiazole rings is 1. The number of carbonyl (C=O) groups is 1. The number of carbonyl (C=O) groups excluding carboxylic acids is 1. The van der Waals surface area contributed by atoms with E-state index < -0.39 is 5.91 Å². The Balaban J connectivity index is 1.61. The first kappa shape index (κ1) is 16.7. The molecule has 5 aromatic rings. The minimum absolute atomic E-state index is 0.418. The topological polar surface area (TPSA) is 60.9 Å². The maximum Gasteiger partial charge on any atom is 0.250 e. The molecule has 5 rings (SSSR count). The van der Waals surface area contributed by atoms with Gasteiger partial charge in [0.15, 0.2) is 0 Å². The van der Waals surface area contributed by atoms with E-state index in [0.717, 1.165) is 21.5 Å². The lowest BCUT2D eigenvalue weighted by Crippen LogP contribution is -2.10. The molecule has 5 heteroatoms. The van der Waals surface area contributed by atoms with Crippen LogP contribution in [0.1, 0.15) is 15.9 Å². The number of nitrogens with zero attached hydrogens (tertiary/aromatic N) is 2. The number of primary amides is 1. The number of benzene rings is 3. The zero-order valence-corrected chi connectivity index (χ0v) is 15.8. The van der Waals surface area contributed by atoms with Crippen molar-refractivity contribution in [1.29, 1.82) is 0 Å². The predicted molar refractivity (Wildman–Crippen MR) is 115 cm³/mol. The summed E-state index contributed by atoms with van der Waals surface area (Å²) in [5.41, 5.74) is 9.36. The molecular formula is C23H17N3OS. The Morgan fingerprint density at radius 3 is 2.68 bits per heavy atom. The number of hydrogen-bond acceptors (Lipinski definition) is 3. The fourth-order valence-corrected chi connectivity index (χ4v) is 4.29. The predicted octanol–water partition coefficient (Wildman–Crippen LogP) is 5.07. The first-order valence-corrected chi connectivity index (χ1v) is 9.87. The summed E-state index contributed by atoms with van der Waals surface area (Å²) in [5, 5.41) is 6.16. The Bertz CT molecular complexity index is 1320. The molecule has 0 aliphatic heterocycles. The lowest BCUT2D eigenvalue weighted by atomic mass is 10.1. The average molecular weight is 383 g/mol. The molecule has 0 saturated carbocycles. The molecule has 1 amide bonds. The highest BCUT2D eigenvalue weighted by Crippen LogP contribution is 2.30. The molecule has 0 radical (unpaired) electrons. The van der Waals surface area contributed by atoms with Crippen molar-refractivity contribution in [2.45, 2.75) is 6.54 Å². The van der Waals surface area contributed by atoms with Gasteiger partial charge in [0.1, 0.15) is 5.01 Å². The molecule has 0 fully saturated rings. The monoisotopic (exact) mass is 383 g/mol. The largest absolute Gasteiger partial charge is 0.366 e. The molecule has 0 aliphatic rings. The zero-order chi connectivity index (χ0) is 19.1. The van der Waals surface area contributed by atoms with Crippen LogP contribution in [-0.2, 0) is 6.54 Å². The van der Waals surface area contributed by atoms with Crippen molar-refractivity contribution < 1.29 is 4.79 Å². The lowest BCUT2D eigenvalue weighted by Gasteiger charge is -2.08. The second-order valence-corrected chi connectivity index (χ2v) is 7.68. The second-order valence-electron chi connectivity index (χ2n) is 6.79. The Kier molecular flexibility index (Phi) is 3.95. The molecule has 2 aromatic heterocycles. The lowest BCUT2D eigenvalue weighted by molar-refractivity contribution is 0.100. The third-order valence-corrected chi connectivity index (χ3v) is 5.81. The fourth-order valence-electron chi connectivity index (χ4n) is 3.66. The number of rotatable bonds is 4. The van der Waals surface area contributed by atoms with Gasteiger partial charge in [-0.05, 0) is 40.6 Å². The Hall–Kier alpha value is -3.44. The van der Waals surface area contributed by atoms with Crippen LogP contribution in [-0.4, -0.2) is 15.5 Å². The fraction of sp³-hybridized carbons (Fsp3) is 0.0435. The summed E-state index contributed by atoms with van der Waals surface area (Å²) < 4.78 is 2.09.